The van der Waals surface area contributed by atoms with Crippen molar-refractivity contribution in [2.24, 2.45) is 5.92 Å². The first kappa shape index (κ1) is 22.5. The van der Waals surface area contributed by atoms with E-state index in [1.165, 1.54) is 5.56 Å². The van der Waals surface area contributed by atoms with Gasteiger partial charge in [-0.3, -0.25) is 4.90 Å². The second kappa shape index (κ2) is 10.3. The fourth-order valence-corrected chi connectivity index (χ4v) is 5.55. The van der Waals surface area contributed by atoms with Gasteiger partial charge in [-0.1, -0.05) is 36.4 Å². The van der Waals surface area contributed by atoms with Gasteiger partial charge in [0.15, 0.2) is 11.5 Å². The van der Waals surface area contributed by atoms with Crippen molar-refractivity contribution >= 4 is 22.0 Å². The monoisotopic (exact) mass is 514 g/mol. The van der Waals surface area contributed by atoms with Gasteiger partial charge in [-0.15, -0.1) is 0 Å². The summed E-state index contributed by atoms with van der Waals surface area (Å²) < 4.78 is 18.4. The summed E-state index contributed by atoms with van der Waals surface area (Å²) in [4.78, 5) is 16.7. The maximum Gasteiger partial charge on any atom is 0.410 e. The third kappa shape index (κ3) is 5.46. The highest BCUT2D eigenvalue weighted by Gasteiger charge is 2.34. The Balaban J connectivity index is 1.06. The van der Waals surface area contributed by atoms with E-state index in [0.29, 0.717) is 19.1 Å². The van der Waals surface area contributed by atoms with E-state index in [0.717, 1.165) is 67.8 Å². The van der Waals surface area contributed by atoms with Crippen molar-refractivity contribution in [2.45, 2.75) is 37.8 Å². The summed E-state index contributed by atoms with van der Waals surface area (Å²) in [6.45, 7) is 4.87. The predicted molar refractivity (Wildman–Crippen MR) is 130 cm³/mol. The molecule has 0 N–H and O–H groups in total. The zero-order valence-corrected chi connectivity index (χ0v) is 20.4. The maximum absolute atomic E-state index is 12.3. The van der Waals surface area contributed by atoms with Gasteiger partial charge in [-0.2, -0.15) is 0 Å². The lowest BCUT2D eigenvalue weighted by atomic mass is 9.93. The molecule has 7 heteroatoms. The van der Waals surface area contributed by atoms with Crippen LogP contribution >= 0.6 is 15.9 Å². The Kier molecular flexibility index (Phi) is 7.07. The molecule has 3 aliphatic heterocycles. The molecule has 0 radical (unpaired) electrons. The number of halogens is 1. The minimum absolute atomic E-state index is 0.0569. The van der Waals surface area contributed by atoms with E-state index >= 15 is 0 Å². The highest BCUT2D eigenvalue weighted by Crippen LogP contribution is 2.38. The second-order valence-electron chi connectivity index (χ2n) is 9.26. The molecule has 1 amide bonds. The van der Waals surface area contributed by atoms with Crippen LogP contribution in [0.3, 0.4) is 0 Å². The first-order valence-electron chi connectivity index (χ1n) is 11.9. The molecule has 2 atom stereocenters. The Morgan fingerprint density at radius 2 is 1.79 bits per heavy atom. The van der Waals surface area contributed by atoms with Gasteiger partial charge >= 0.3 is 6.09 Å². The van der Waals surface area contributed by atoms with Crippen molar-refractivity contribution in [3.05, 3.63) is 58.6 Å². The standard InChI is InChI=1S/C26H31BrN2O4/c27-23-7-4-8-24-25(23)31-18-22(33-24)16-28-12-9-19(10-13-28)11-14-29-21(17-32-26(29)30)15-20-5-2-1-3-6-20/h1-8,19,21-22H,9-18H2/t21-,22-/m0/s1. The zero-order chi connectivity index (χ0) is 22.6. The summed E-state index contributed by atoms with van der Waals surface area (Å²) in [6, 6.07) is 16.4. The molecule has 2 aromatic carbocycles. The largest absolute Gasteiger partial charge is 0.485 e. The highest BCUT2D eigenvalue weighted by atomic mass is 79.9. The number of rotatable bonds is 7. The van der Waals surface area contributed by atoms with Crippen LogP contribution in [0.1, 0.15) is 24.8 Å². The maximum atomic E-state index is 12.3. The van der Waals surface area contributed by atoms with Crippen LogP contribution in [0.5, 0.6) is 11.5 Å². The number of hydrogen-bond donors (Lipinski definition) is 0. The normalized spacial score (nSPS) is 23.5. The fraction of sp³-hybridized carbons (Fsp3) is 0.500. The lowest BCUT2D eigenvalue weighted by molar-refractivity contribution is 0.0461. The number of fused-ring (bicyclic) bond motifs is 1. The first-order chi connectivity index (χ1) is 16.2. The van der Waals surface area contributed by atoms with Crippen LogP contribution in [-0.4, -0.2) is 67.4 Å². The van der Waals surface area contributed by atoms with Gasteiger partial charge in [-0.25, -0.2) is 4.79 Å². The van der Waals surface area contributed by atoms with Gasteiger partial charge < -0.3 is 19.1 Å². The molecule has 5 rings (SSSR count). The van der Waals surface area contributed by atoms with Crippen LogP contribution in [0.4, 0.5) is 4.79 Å². The van der Waals surface area contributed by atoms with E-state index in [4.69, 9.17) is 14.2 Å². The molecule has 3 aliphatic rings. The van der Waals surface area contributed by atoms with Gasteiger partial charge in [0.25, 0.3) is 0 Å². The number of piperidine rings is 1. The van der Waals surface area contributed by atoms with E-state index < -0.39 is 0 Å². The molecule has 2 saturated heterocycles. The Hall–Kier alpha value is -2.25. The average Bonchev–Trinajstić information content (AvgIpc) is 3.18. The molecule has 0 saturated carbocycles. The summed E-state index contributed by atoms with van der Waals surface area (Å²) in [5, 5.41) is 0. The molecule has 0 unspecified atom stereocenters. The average molecular weight is 515 g/mol. The molecule has 2 aromatic rings. The Bertz CT molecular complexity index is 949. The van der Waals surface area contributed by atoms with E-state index in [1.54, 1.807) is 0 Å². The molecule has 0 aromatic heterocycles. The molecule has 3 heterocycles. The molecular formula is C26H31BrN2O4. The van der Waals surface area contributed by atoms with Crippen molar-refractivity contribution < 1.29 is 19.0 Å². The first-order valence-corrected chi connectivity index (χ1v) is 12.7. The van der Waals surface area contributed by atoms with Crippen LogP contribution in [0.15, 0.2) is 53.0 Å². The van der Waals surface area contributed by atoms with E-state index in [-0.39, 0.29) is 18.2 Å². The molecular weight excluding hydrogens is 484 g/mol. The van der Waals surface area contributed by atoms with E-state index in [9.17, 15) is 4.79 Å². The summed E-state index contributed by atoms with van der Waals surface area (Å²) >= 11 is 3.52. The van der Waals surface area contributed by atoms with E-state index in [2.05, 4.69) is 33.0 Å². The van der Waals surface area contributed by atoms with Gasteiger partial charge in [0.1, 0.15) is 19.3 Å². The topological polar surface area (TPSA) is 51.2 Å². The second-order valence-corrected chi connectivity index (χ2v) is 10.1. The fourth-order valence-electron chi connectivity index (χ4n) is 5.09. The Morgan fingerprint density at radius 1 is 0.970 bits per heavy atom. The summed E-state index contributed by atoms with van der Waals surface area (Å²) in [6.07, 6.45) is 4.10. The minimum Gasteiger partial charge on any atom is -0.485 e. The number of benzene rings is 2. The van der Waals surface area contributed by atoms with Crippen LogP contribution in [0.2, 0.25) is 0 Å². The molecule has 2 fully saturated rings. The molecule has 6 nitrogen and oxygen atoms in total. The number of hydrogen-bond acceptors (Lipinski definition) is 5. The Morgan fingerprint density at radius 3 is 2.61 bits per heavy atom. The van der Waals surface area contributed by atoms with Crippen LogP contribution < -0.4 is 9.47 Å². The van der Waals surface area contributed by atoms with Crippen molar-refractivity contribution in [1.82, 2.24) is 9.80 Å². The lowest BCUT2D eigenvalue weighted by Gasteiger charge is -2.36. The highest BCUT2D eigenvalue weighted by molar-refractivity contribution is 9.10. The number of ether oxygens (including phenoxy) is 3. The number of nitrogens with zero attached hydrogens (tertiary/aromatic N) is 2. The van der Waals surface area contributed by atoms with Gasteiger partial charge in [0.05, 0.1) is 10.5 Å². The summed E-state index contributed by atoms with van der Waals surface area (Å²) in [5.41, 5.74) is 1.25. The van der Waals surface area contributed by atoms with Crippen LogP contribution in [-0.2, 0) is 11.2 Å². The van der Waals surface area contributed by atoms with Crippen molar-refractivity contribution in [3.8, 4) is 11.5 Å². The number of para-hydroxylation sites is 1. The van der Waals surface area contributed by atoms with Crippen LogP contribution in [0.25, 0.3) is 0 Å². The third-order valence-corrected chi connectivity index (χ3v) is 7.60. The Labute approximate surface area is 203 Å². The quantitative estimate of drug-likeness (QED) is 0.533. The number of cyclic esters (lactones) is 1. The lowest BCUT2D eigenvalue weighted by Crippen LogP contribution is -2.44. The number of carbonyl (C=O) groups is 1. The minimum atomic E-state index is -0.158. The molecule has 0 spiro atoms. The molecule has 33 heavy (non-hydrogen) atoms. The third-order valence-electron chi connectivity index (χ3n) is 6.97. The number of amides is 1. The zero-order valence-electron chi connectivity index (χ0n) is 18.8. The van der Waals surface area contributed by atoms with E-state index in [1.807, 2.05) is 41.3 Å². The molecule has 0 aliphatic carbocycles. The van der Waals surface area contributed by atoms with Gasteiger partial charge in [-0.05, 0) is 78.3 Å². The predicted octanol–water partition coefficient (Wildman–Crippen LogP) is 4.75. The number of likely N-dealkylation sites (tertiary alicyclic amines) is 1. The summed E-state index contributed by atoms with van der Waals surface area (Å²) in [7, 11) is 0. The SMILES string of the molecule is O=C1OC[C@H](Cc2ccccc2)N1CCC1CCN(C[C@H]2COc3c(Br)cccc3O2)CC1. The van der Waals surface area contributed by atoms with Crippen LogP contribution in [0, 0.1) is 5.92 Å². The molecule has 0 bridgehead atoms. The van der Waals surface area contributed by atoms with Crippen molar-refractivity contribution in [3.63, 3.8) is 0 Å². The smallest absolute Gasteiger partial charge is 0.410 e. The number of carbonyl (C=O) groups excluding carboxylic acids is 1. The van der Waals surface area contributed by atoms with Gasteiger partial charge in [0, 0.05) is 13.1 Å². The summed E-state index contributed by atoms with van der Waals surface area (Å²) in [5.74, 6) is 2.27. The molecule has 176 valence electrons. The van der Waals surface area contributed by atoms with Crippen molar-refractivity contribution in [2.75, 3.05) is 39.4 Å². The van der Waals surface area contributed by atoms with Crippen molar-refractivity contribution in [1.29, 1.82) is 0 Å². The van der Waals surface area contributed by atoms with Gasteiger partial charge in [0.2, 0.25) is 0 Å².